The molecular weight excluding hydrogens is 320 g/mol. The first kappa shape index (κ1) is 17.6. The summed E-state index contributed by atoms with van der Waals surface area (Å²) in [5.74, 6) is 0.726. The summed E-state index contributed by atoms with van der Waals surface area (Å²) in [6.45, 7) is 10.9. The molecule has 2 amide bonds. The van der Waals surface area contributed by atoms with E-state index in [0.717, 1.165) is 32.7 Å². The SMILES string of the molecule is CCN1CCN(C(=O)c2cnc(N3CCN(C(C)=O)CC3)nc2)CC1. The monoisotopic (exact) mass is 346 g/mol. The first-order valence-corrected chi connectivity index (χ1v) is 8.92. The van der Waals surface area contributed by atoms with Crippen LogP contribution in [0.2, 0.25) is 0 Å². The second-order valence-electron chi connectivity index (χ2n) is 6.49. The van der Waals surface area contributed by atoms with Gasteiger partial charge in [-0.3, -0.25) is 9.59 Å². The van der Waals surface area contributed by atoms with Crippen molar-refractivity contribution in [2.75, 3.05) is 63.8 Å². The Morgan fingerprint density at radius 2 is 1.48 bits per heavy atom. The molecule has 8 heteroatoms. The van der Waals surface area contributed by atoms with E-state index in [9.17, 15) is 9.59 Å². The lowest BCUT2D eigenvalue weighted by Gasteiger charge is -2.34. The van der Waals surface area contributed by atoms with Crippen LogP contribution in [0.5, 0.6) is 0 Å². The first-order valence-electron chi connectivity index (χ1n) is 8.92. The van der Waals surface area contributed by atoms with Gasteiger partial charge in [-0.25, -0.2) is 9.97 Å². The van der Waals surface area contributed by atoms with Crippen LogP contribution in [-0.2, 0) is 4.79 Å². The van der Waals surface area contributed by atoms with E-state index in [-0.39, 0.29) is 11.8 Å². The summed E-state index contributed by atoms with van der Waals surface area (Å²) < 4.78 is 0. The molecule has 1 aromatic rings. The molecule has 1 aromatic heterocycles. The highest BCUT2D eigenvalue weighted by Gasteiger charge is 2.23. The third kappa shape index (κ3) is 4.07. The molecule has 3 rings (SSSR count). The molecule has 2 fully saturated rings. The fourth-order valence-corrected chi connectivity index (χ4v) is 3.27. The molecule has 25 heavy (non-hydrogen) atoms. The Hall–Kier alpha value is -2.22. The van der Waals surface area contributed by atoms with Gasteiger partial charge in [0.2, 0.25) is 11.9 Å². The van der Waals surface area contributed by atoms with E-state index in [1.807, 2.05) is 14.7 Å². The minimum absolute atomic E-state index is 0.00343. The second kappa shape index (κ2) is 7.77. The number of carbonyl (C=O) groups excluding carboxylic acids is 2. The molecule has 2 aliphatic heterocycles. The van der Waals surface area contributed by atoms with Crippen molar-refractivity contribution >= 4 is 17.8 Å². The van der Waals surface area contributed by atoms with Gasteiger partial charge in [0, 0.05) is 71.7 Å². The van der Waals surface area contributed by atoms with Crippen LogP contribution < -0.4 is 4.90 Å². The number of anilines is 1. The lowest BCUT2D eigenvalue weighted by Crippen LogP contribution is -2.49. The molecule has 2 aliphatic rings. The predicted molar refractivity (Wildman–Crippen MR) is 94.5 cm³/mol. The van der Waals surface area contributed by atoms with E-state index < -0.39 is 0 Å². The quantitative estimate of drug-likeness (QED) is 0.762. The van der Waals surface area contributed by atoms with Gasteiger partial charge in [0.05, 0.1) is 5.56 Å². The average molecular weight is 346 g/mol. The van der Waals surface area contributed by atoms with E-state index >= 15 is 0 Å². The van der Waals surface area contributed by atoms with Crippen molar-refractivity contribution in [1.29, 1.82) is 0 Å². The molecule has 0 radical (unpaired) electrons. The number of hydrogen-bond donors (Lipinski definition) is 0. The summed E-state index contributed by atoms with van der Waals surface area (Å²) >= 11 is 0. The van der Waals surface area contributed by atoms with Gasteiger partial charge in [-0.15, -0.1) is 0 Å². The summed E-state index contributed by atoms with van der Waals surface area (Å²) in [4.78, 5) is 40.8. The second-order valence-corrected chi connectivity index (χ2v) is 6.49. The molecule has 0 atom stereocenters. The molecule has 2 saturated heterocycles. The number of hydrogen-bond acceptors (Lipinski definition) is 6. The molecule has 0 N–H and O–H groups in total. The summed E-state index contributed by atoms with van der Waals surface area (Å²) in [6.07, 6.45) is 3.24. The van der Waals surface area contributed by atoms with Gasteiger partial charge in [0.15, 0.2) is 0 Å². The van der Waals surface area contributed by atoms with Crippen molar-refractivity contribution < 1.29 is 9.59 Å². The van der Waals surface area contributed by atoms with E-state index in [4.69, 9.17) is 0 Å². The van der Waals surface area contributed by atoms with Gasteiger partial charge in [-0.05, 0) is 6.54 Å². The van der Waals surface area contributed by atoms with Gasteiger partial charge in [-0.1, -0.05) is 6.92 Å². The van der Waals surface area contributed by atoms with E-state index in [1.165, 1.54) is 0 Å². The minimum atomic E-state index is 0.00343. The topological polar surface area (TPSA) is 72.9 Å². The lowest BCUT2D eigenvalue weighted by molar-refractivity contribution is -0.129. The number of rotatable bonds is 3. The molecule has 136 valence electrons. The Balaban J connectivity index is 1.57. The first-order chi connectivity index (χ1) is 12.1. The largest absolute Gasteiger partial charge is 0.339 e. The van der Waals surface area contributed by atoms with Gasteiger partial charge in [-0.2, -0.15) is 0 Å². The van der Waals surface area contributed by atoms with E-state index in [1.54, 1.807) is 19.3 Å². The standard InChI is InChI=1S/C17H26N6O2/c1-3-20-4-6-22(7-5-20)16(25)15-12-18-17(19-13-15)23-10-8-21(9-11-23)14(2)24/h12-13H,3-11H2,1-2H3. The highest BCUT2D eigenvalue weighted by molar-refractivity contribution is 5.93. The average Bonchev–Trinajstić information content (AvgIpc) is 2.67. The van der Waals surface area contributed by atoms with Crippen LogP contribution in [0.1, 0.15) is 24.2 Å². The van der Waals surface area contributed by atoms with Crippen LogP contribution in [-0.4, -0.2) is 95.4 Å². The molecule has 0 aliphatic carbocycles. The van der Waals surface area contributed by atoms with E-state index in [2.05, 4.69) is 21.8 Å². The normalized spacial score (nSPS) is 19.2. The van der Waals surface area contributed by atoms with Gasteiger partial charge in [0.25, 0.3) is 5.91 Å². The van der Waals surface area contributed by atoms with Crippen LogP contribution in [0.4, 0.5) is 5.95 Å². The summed E-state index contributed by atoms with van der Waals surface area (Å²) in [5.41, 5.74) is 0.538. The Morgan fingerprint density at radius 3 is 2.00 bits per heavy atom. The van der Waals surface area contributed by atoms with Crippen molar-refractivity contribution in [2.24, 2.45) is 0 Å². The van der Waals surface area contributed by atoms with E-state index in [0.29, 0.717) is 37.7 Å². The molecule has 0 spiro atoms. The Kier molecular flexibility index (Phi) is 5.47. The van der Waals surface area contributed by atoms with Crippen LogP contribution >= 0.6 is 0 Å². The Bertz CT molecular complexity index is 604. The maximum absolute atomic E-state index is 12.6. The molecule has 3 heterocycles. The van der Waals surface area contributed by atoms with Crippen LogP contribution in [0.3, 0.4) is 0 Å². The summed E-state index contributed by atoms with van der Waals surface area (Å²) in [5, 5.41) is 0. The molecule has 0 bridgehead atoms. The molecular formula is C17H26N6O2. The third-order valence-electron chi connectivity index (χ3n) is 5.00. The van der Waals surface area contributed by atoms with Gasteiger partial charge < -0.3 is 19.6 Å². The van der Waals surface area contributed by atoms with Crippen molar-refractivity contribution in [3.8, 4) is 0 Å². The number of aromatic nitrogens is 2. The van der Waals surface area contributed by atoms with Gasteiger partial charge >= 0.3 is 0 Å². The number of carbonyl (C=O) groups is 2. The smallest absolute Gasteiger partial charge is 0.257 e. The fourth-order valence-electron chi connectivity index (χ4n) is 3.27. The predicted octanol–water partition coefficient (Wildman–Crippen LogP) is -0.0772. The zero-order chi connectivity index (χ0) is 17.8. The van der Waals surface area contributed by atoms with Crippen molar-refractivity contribution in [3.63, 3.8) is 0 Å². The summed E-state index contributed by atoms with van der Waals surface area (Å²) in [6, 6.07) is 0. The molecule has 0 aromatic carbocycles. The Morgan fingerprint density at radius 1 is 0.920 bits per heavy atom. The zero-order valence-corrected chi connectivity index (χ0v) is 15.0. The number of nitrogens with zero attached hydrogens (tertiary/aromatic N) is 6. The number of piperazine rings is 2. The van der Waals surface area contributed by atoms with Crippen LogP contribution in [0.15, 0.2) is 12.4 Å². The maximum Gasteiger partial charge on any atom is 0.257 e. The minimum Gasteiger partial charge on any atom is -0.339 e. The van der Waals surface area contributed by atoms with Crippen LogP contribution in [0, 0.1) is 0 Å². The number of likely N-dealkylation sites (N-methyl/N-ethyl adjacent to an activating group) is 1. The highest BCUT2D eigenvalue weighted by Crippen LogP contribution is 2.13. The lowest BCUT2D eigenvalue weighted by atomic mass is 10.2. The molecule has 0 saturated carbocycles. The zero-order valence-electron chi connectivity index (χ0n) is 15.0. The maximum atomic E-state index is 12.6. The highest BCUT2D eigenvalue weighted by atomic mass is 16.2. The Labute approximate surface area is 148 Å². The number of amides is 2. The fraction of sp³-hybridized carbons (Fsp3) is 0.647. The molecule has 0 unspecified atom stereocenters. The van der Waals surface area contributed by atoms with Crippen molar-refractivity contribution in [3.05, 3.63) is 18.0 Å². The van der Waals surface area contributed by atoms with Crippen LogP contribution in [0.25, 0.3) is 0 Å². The third-order valence-corrected chi connectivity index (χ3v) is 5.00. The van der Waals surface area contributed by atoms with Gasteiger partial charge in [0.1, 0.15) is 0 Å². The molecule has 8 nitrogen and oxygen atoms in total. The summed E-state index contributed by atoms with van der Waals surface area (Å²) in [7, 11) is 0. The van der Waals surface area contributed by atoms with Crippen molar-refractivity contribution in [2.45, 2.75) is 13.8 Å². The van der Waals surface area contributed by atoms with Crippen molar-refractivity contribution in [1.82, 2.24) is 24.7 Å².